The highest BCUT2D eigenvalue weighted by Crippen LogP contribution is 2.35. The summed E-state index contributed by atoms with van der Waals surface area (Å²) in [5, 5.41) is 3.15. The van der Waals surface area contributed by atoms with Gasteiger partial charge in [0.15, 0.2) is 0 Å². The quantitative estimate of drug-likeness (QED) is 0.891. The van der Waals surface area contributed by atoms with Gasteiger partial charge in [-0.05, 0) is 30.5 Å². The van der Waals surface area contributed by atoms with Crippen molar-refractivity contribution in [2.75, 3.05) is 13.1 Å². The van der Waals surface area contributed by atoms with Gasteiger partial charge in [-0.3, -0.25) is 0 Å². The van der Waals surface area contributed by atoms with E-state index in [9.17, 15) is 21.6 Å². The topological polar surface area (TPSA) is 58.2 Å². The summed E-state index contributed by atoms with van der Waals surface area (Å²) in [4.78, 5) is -0.725. The first-order valence-electron chi connectivity index (χ1n) is 6.93. The second-order valence-electron chi connectivity index (χ2n) is 6.12. The number of hydrogen-bond donors (Lipinski definition) is 2. The molecule has 0 radical (unpaired) electrons. The summed E-state index contributed by atoms with van der Waals surface area (Å²) in [7, 11) is -4.24. The Balaban J connectivity index is 2.36. The van der Waals surface area contributed by atoms with Gasteiger partial charge < -0.3 is 5.32 Å². The van der Waals surface area contributed by atoms with Crippen LogP contribution in [0.1, 0.15) is 25.8 Å². The van der Waals surface area contributed by atoms with Crippen LogP contribution < -0.4 is 10.0 Å². The Labute approximate surface area is 128 Å². The van der Waals surface area contributed by atoms with Crippen LogP contribution in [0.2, 0.25) is 0 Å². The van der Waals surface area contributed by atoms with Crippen LogP contribution in [0.15, 0.2) is 29.2 Å². The summed E-state index contributed by atoms with van der Waals surface area (Å²) >= 11 is 0. The predicted octanol–water partition coefficient (Wildman–Crippen LogP) is 2.37. The Morgan fingerprint density at radius 1 is 1.27 bits per heavy atom. The number of nitrogens with one attached hydrogen (secondary N) is 2. The summed E-state index contributed by atoms with van der Waals surface area (Å²) in [6, 6.07) is 3.81. The van der Waals surface area contributed by atoms with Crippen LogP contribution in [0.3, 0.4) is 0 Å². The van der Waals surface area contributed by atoms with E-state index in [1.807, 2.05) is 13.8 Å². The summed E-state index contributed by atoms with van der Waals surface area (Å²) in [6.07, 6.45) is -4.19. The maximum absolute atomic E-state index is 13.0. The van der Waals surface area contributed by atoms with E-state index in [1.165, 1.54) is 12.1 Å². The average molecular weight is 336 g/mol. The zero-order valence-electron chi connectivity index (χ0n) is 12.4. The first-order valence-corrected chi connectivity index (χ1v) is 8.42. The van der Waals surface area contributed by atoms with Gasteiger partial charge in [0.1, 0.15) is 0 Å². The van der Waals surface area contributed by atoms with Crippen LogP contribution >= 0.6 is 0 Å². The molecule has 1 aliphatic heterocycles. The highest BCUT2D eigenvalue weighted by molar-refractivity contribution is 7.89. The second-order valence-corrected chi connectivity index (χ2v) is 7.80. The molecule has 0 amide bonds. The normalized spacial score (nSPS) is 22.5. The first-order chi connectivity index (χ1) is 10.0. The van der Waals surface area contributed by atoms with Crippen molar-refractivity contribution in [3.8, 4) is 0 Å². The third-order valence-corrected chi connectivity index (χ3v) is 5.44. The molecule has 4 nitrogen and oxygen atoms in total. The SMILES string of the molecule is CC1(C)CNCCC1NS(=O)(=O)c1ccccc1C(F)(F)F. The van der Waals surface area contributed by atoms with Crippen molar-refractivity contribution < 1.29 is 21.6 Å². The van der Waals surface area contributed by atoms with E-state index < -0.39 is 32.7 Å². The molecule has 0 aliphatic carbocycles. The molecule has 2 N–H and O–H groups in total. The minimum atomic E-state index is -4.71. The van der Waals surface area contributed by atoms with Crippen LogP contribution in [0.25, 0.3) is 0 Å². The molecular weight excluding hydrogens is 317 g/mol. The van der Waals surface area contributed by atoms with Gasteiger partial charge in [0.25, 0.3) is 0 Å². The predicted molar refractivity (Wildman–Crippen MR) is 76.8 cm³/mol. The fourth-order valence-corrected chi connectivity index (χ4v) is 4.24. The third-order valence-electron chi connectivity index (χ3n) is 3.91. The lowest BCUT2D eigenvalue weighted by Gasteiger charge is -2.39. The Morgan fingerprint density at radius 3 is 2.50 bits per heavy atom. The second kappa shape index (κ2) is 5.82. The lowest BCUT2D eigenvalue weighted by Crippen LogP contribution is -2.54. The van der Waals surface area contributed by atoms with Crippen LogP contribution in [0, 0.1) is 5.41 Å². The van der Waals surface area contributed by atoms with Crippen LogP contribution in [-0.4, -0.2) is 27.5 Å². The van der Waals surface area contributed by atoms with Crippen molar-refractivity contribution in [3.63, 3.8) is 0 Å². The molecule has 0 saturated carbocycles. The molecule has 1 fully saturated rings. The van der Waals surface area contributed by atoms with Gasteiger partial charge in [0.2, 0.25) is 10.0 Å². The Bertz CT molecular complexity index is 642. The van der Waals surface area contributed by atoms with Gasteiger partial charge in [0.05, 0.1) is 10.5 Å². The van der Waals surface area contributed by atoms with Gasteiger partial charge in [-0.1, -0.05) is 26.0 Å². The Hall–Kier alpha value is -1.12. The zero-order chi connectivity index (χ0) is 16.6. The van der Waals surface area contributed by atoms with Crippen molar-refractivity contribution in [2.24, 2.45) is 5.41 Å². The van der Waals surface area contributed by atoms with E-state index in [2.05, 4.69) is 10.0 Å². The fraction of sp³-hybridized carbons (Fsp3) is 0.571. The molecule has 0 bridgehead atoms. The minimum Gasteiger partial charge on any atom is -0.316 e. The summed E-state index contributed by atoms with van der Waals surface area (Å²) < 4.78 is 66.3. The molecule has 124 valence electrons. The third kappa shape index (κ3) is 3.61. The Kier molecular flexibility index (Phi) is 4.56. The maximum Gasteiger partial charge on any atom is 0.417 e. The molecule has 2 rings (SSSR count). The molecule has 1 heterocycles. The minimum absolute atomic E-state index is 0.376. The van der Waals surface area contributed by atoms with Crippen LogP contribution in [0.5, 0.6) is 0 Å². The zero-order valence-corrected chi connectivity index (χ0v) is 13.2. The number of piperidine rings is 1. The molecule has 0 spiro atoms. The lowest BCUT2D eigenvalue weighted by molar-refractivity contribution is -0.139. The van der Waals surface area contributed by atoms with Gasteiger partial charge in [0, 0.05) is 12.6 Å². The van der Waals surface area contributed by atoms with Gasteiger partial charge in [-0.25, -0.2) is 13.1 Å². The van der Waals surface area contributed by atoms with Gasteiger partial charge >= 0.3 is 6.18 Å². The molecular formula is C14H19F3N2O2S. The van der Waals surface area contributed by atoms with E-state index in [4.69, 9.17) is 0 Å². The van der Waals surface area contributed by atoms with Crippen molar-refractivity contribution in [1.29, 1.82) is 0 Å². The molecule has 8 heteroatoms. The van der Waals surface area contributed by atoms with E-state index >= 15 is 0 Å². The highest BCUT2D eigenvalue weighted by Gasteiger charge is 2.40. The van der Waals surface area contributed by atoms with E-state index in [0.29, 0.717) is 19.5 Å². The number of benzene rings is 1. The molecule has 22 heavy (non-hydrogen) atoms. The average Bonchev–Trinajstić information content (AvgIpc) is 2.40. The van der Waals surface area contributed by atoms with Crippen LogP contribution in [-0.2, 0) is 16.2 Å². The molecule has 1 aromatic carbocycles. The number of rotatable bonds is 3. The number of sulfonamides is 1. The monoisotopic (exact) mass is 336 g/mol. The van der Waals surface area contributed by atoms with Crippen LogP contribution in [0.4, 0.5) is 13.2 Å². The van der Waals surface area contributed by atoms with Gasteiger partial charge in [-0.15, -0.1) is 0 Å². The number of alkyl halides is 3. The highest BCUT2D eigenvalue weighted by atomic mass is 32.2. The van der Waals surface area contributed by atoms with Crippen molar-refractivity contribution in [2.45, 2.75) is 37.4 Å². The number of hydrogen-bond acceptors (Lipinski definition) is 3. The smallest absolute Gasteiger partial charge is 0.316 e. The Morgan fingerprint density at radius 2 is 1.91 bits per heavy atom. The molecule has 1 atom stereocenters. The van der Waals surface area contributed by atoms with E-state index in [-0.39, 0.29) is 5.41 Å². The molecule has 1 aromatic rings. The van der Waals surface area contributed by atoms with Crippen molar-refractivity contribution in [1.82, 2.24) is 10.0 Å². The summed E-state index contributed by atoms with van der Waals surface area (Å²) in [6.45, 7) is 4.97. The van der Waals surface area contributed by atoms with Crippen molar-refractivity contribution in [3.05, 3.63) is 29.8 Å². The largest absolute Gasteiger partial charge is 0.417 e. The summed E-state index contributed by atoms with van der Waals surface area (Å²) in [5.41, 5.74) is -1.52. The first kappa shape index (κ1) is 17.2. The molecule has 1 unspecified atom stereocenters. The molecule has 1 saturated heterocycles. The standard InChI is InChI=1S/C14H19F3N2O2S/c1-13(2)9-18-8-7-12(13)19-22(20,21)11-6-4-3-5-10(11)14(15,16)17/h3-6,12,18-19H,7-9H2,1-2H3. The fourth-order valence-electron chi connectivity index (χ4n) is 2.58. The van der Waals surface area contributed by atoms with E-state index in [1.54, 1.807) is 0 Å². The molecule has 0 aromatic heterocycles. The lowest BCUT2D eigenvalue weighted by atomic mass is 9.81. The maximum atomic E-state index is 13.0. The van der Waals surface area contributed by atoms with Gasteiger partial charge in [-0.2, -0.15) is 13.2 Å². The number of halogens is 3. The molecule has 1 aliphatic rings. The summed E-state index contributed by atoms with van der Waals surface area (Å²) in [5.74, 6) is 0. The van der Waals surface area contributed by atoms with E-state index in [0.717, 1.165) is 12.1 Å². The van der Waals surface area contributed by atoms with Crippen molar-refractivity contribution >= 4 is 10.0 Å².